The molecule has 0 fully saturated rings. The van der Waals surface area contributed by atoms with Crippen LogP contribution in [0.5, 0.6) is 0 Å². The van der Waals surface area contributed by atoms with Gasteiger partial charge in [0, 0.05) is 0 Å². The van der Waals surface area contributed by atoms with Crippen LogP contribution in [0, 0.1) is 4.91 Å². The number of hydrogen-bond donors (Lipinski definition) is 1. The molecule has 0 atom stereocenters. The maximum absolute atomic E-state index is 10.3. The van der Waals surface area contributed by atoms with Gasteiger partial charge < -0.3 is 5.73 Å². The van der Waals surface area contributed by atoms with Crippen LogP contribution in [-0.4, -0.2) is 39.8 Å². The fraction of sp³-hybridized carbons (Fsp3) is 0. The molecule has 0 unspecified atom stereocenters. The summed E-state index contributed by atoms with van der Waals surface area (Å²) < 4.78 is 2.45. The highest BCUT2D eigenvalue weighted by Crippen LogP contribution is 2.10. The highest BCUT2D eigenvalue weighted by molar-refractivity contribution is 5.34. The van der Waals surface area contributed by atoms with E-state index in [-0.39, 0.29) is 23.4 Å². The number of hydrogen-bond acceptors (Lipinski definition) is 9. The van der Waals surface area contributed by atoms with E-state index >= 15 is 0 Å². The Morgan fingerprint density at radius 3 is 2.82 bits per heavy atom. The molecule has 11 nitrogen and oxygen atoms in total. The largest absolute Gasteiger partial charge is 0.366 e. The molecule has 0 saturated heterocycles. The molecular weight excluding hydrogens is 228 g/mol. The topological polar surface area (TPSA) is 142 Å². The molecule has 0 radical (unpaired) electrons. The number of rotatable bonds is 2. The van der Waals surface area contributed by atoms with Gasteiger partial charge in [-0.25, -0.2) is 4.68 Å². The van der Waals surface area contributed by atoms with Crippen molar-refractivity contribution in [3.05, 3.63) is 17.3 Å². The van der Waals surface area contributed by atoms with Gasteiger partial charge in [0.25, 0.3) is 11.7 Å². The molecule has 3 heterocycles. The van der Waals surface area contributed by atoms with Gasteiger partial charge in [-0.2, -0.15) is 9.61 Å². The minimum Gasteiger partial charge on any atom is -0.366 e. The third-order valence-corrected chi connectivity index (χ3v) is 1.95. The van der Waals surface area contributed by atoms with Gasteiger partial charge in [0.2, 0.25) is 5.95 Å². The summed E-state index contributed by atoms with van der Waals surface area (Å²) in [5, 5.41) is 25.3. The minimum atomic E-state index is 0.0806. The van der Waals surface area contributed by atoms with Crippen molar-refractivity contribution in [3.63, 3.8) is 0 Å². The van der Waals surface area contributed by atoms with Gasteiger partial charge in [0.15, 0.2) is 0 Å². The summed E-state index contributed by atoms with van der Waals surface area (Å²) in [6.07, 6.45) is 2.63. The average molecular weight is 232 g/mol. The van der Waals surface area contributed by atoms with Crippen LogP contribution in [0.15, 0.2) is 17.6 Å². The number of nitrogens with zero attached hydrogens (tertiary/aromatic N) is 9. The standard InChI is InChI=1S/C6H4N10O/c7-4-9-10-5-11-12-6(13-16(4)5)15-2-3(14-17)1-8-15/h1-2H,(H2,7,9). The predicted molar refractivity (Wildman–Crippen MR) is 53.4 cm³/mol. The van der Waals surface area contributed by atoms with Crippen molar-refractivity contribution in [2.75, 3.05) is 5.73 Å². The van der Waals surface area contributed by atoms with E-state index < -0.39 is 0 Å². The van der Waals surface area contributed by atoms with Crippen molar-refractivity contribution < 1.29 is 0 Å². The molecule has 0 bridgehead atoms. The van der Waals surface area contributed by atoms with E-state index in [1.807, 2.05) is 0 Å². The molecule has 17 heavy (non-hydrogen) atoms. The smallest absolute Gasteiger partial charge is 0.292 e. The number of nitrogens with two attached hydrogens (primary N) is 1. The molecule has 0 saturated carbocycles. The van der Waals surface area contributed by atoms with Gasteiger partial charge in [0.1, 0.15) is 5.69 Å². The van der Waals surface area contributed by atoms with Gasteiger partial charge in [-0.15, -0.1) is 30.4 Å². The van der Waals surface area contributed by atoms with Gasteiger partial charge >= 0.3 is 0 Å². The van der Waals surface area contributed by atoms with Crippen LogP contribution < -0.4 is 5.73 Å². The van der Waals surface area contributed by atoms with Gasteiger partial charge in [0.05, 0.1) is 12.4 Å². The van der Waals surface area contributed by atoms with E-state index in [2.05, 4.69) is 35.8 Å². The zero-order valence-electron chi connectivity index (χ0n) is 8.17. The first-order valence-electron chi connectivity index (χ1n) is 4.38. The Hall–Kier alpha value is -2.98. The summed E-state index contributed by atoms with van der Waals surface area (Å²) in [5.74, 6) is 0.378. The summed E-state index contributed by atoms with van der Waals surface area (Å²) in [5.41, 5.74) is 5.67. The van der Waals surface area contributed by atoms with E-state index in [1.165, 1.54) is 21.6 Å². The minimum absolute atomic E-state index is 0.0806. The third-order valence-electron chi connectivity index (χ3n) is 1.95. The van der Waals surface area contributed by atoms with Crippen LogP contribution in [-0.2, 0) is 0 Å². The molecule has 0 amide bonds. The molecule has 0 aliphatic heterocycles. The van der Waals surface area contributed by atoms with Gasteiger partial charge in [-0.05, 0) is 5.18 Å². The van der Waals surface area contributed by atoms with Crippen LogP contribution in [0.4, 0.5) is 11.6 Å². The second kappa shape index (κ2) is 3.26. The second-order valence-corrected chi connectivity index (χ2v) is 3.00. The molecule has 3 aromatic heterocycles. The molecule has 84 valence electrons. The molecule has 3 aromatic rings. The van der Waals surface area contributed by atoms with Crippen molar-refractivity contribution in [2.24, 2.45) is 5.18 Å². The first-order chi connectivity index (χ1) is 8.28. The van der Waals surface area contributed by atoms with Crippen LogP contribution in [0.25, 0.3) is 11.7 Å². The molecule has 0 spiro atoms. The maximum Gasteiger partial charge on any atom is 0.292 e. The van der Waals surface area contributed by atoms with Gasteiger partial charge in [-0.3, -0.25) is 0 Å². The zero-order chi connectivity index (χ0) is 11.8. The monoisotopic (exact) mass is 232 g/mol. The molecule has 0 aliphatic rings. The van der Waals surface area contributed by atoms with Crippen molar-refractivity contribution in [2.45, 2.75) is 0 Å². The fourth-order valence-corrected chi connectivity index (χ4v) is 1.20. The van der Waals surface area contributed by atoms with Crippen LogP contribution in [0.1, 0.15) is 0 Å². The van der Waals surface area contributed by atoms with E-state index in [0.717, 1.165) is 0 Å². The van der Waals surface area contributed by atoms with E-state index in [0.29, 0.717) is 0 Å². The quantitative estimate of drug-likeness (QED) is 0.559. The normalized spacial score (nSPS) is 10.8. The Balaban J connectivity index is 2.16. The maximum atomic E-state index is 10.3. The zero-order valence-corrected chi connectivity index (χ0v) is 8.17. The summed E-state index contributed by atoms with van der Waals surface area (Å²) in [4.78, 5) is 10.3. The first kappa shape index (κ1) is 9.26. The van der Waals surface area contributed by atoms with Crippen molar-refractivity contribution in [1.82, 2.24) is 39.8 Å². The van der Waals surface area contributed by atoms with E-state index in [4.69, 9.17) is 5.73 Å². The average Bonchev–Trinajstić information content (AvgIpc) is 2.96. The lowest BCUT2D eigenvalue weighted by Gasteiger charge is -1.97. The van der Waals surface area contributed by atoms with Crippen LogP contribution in [0.2, 0.25) is 0 Å². The lowest BCUT2D eigenvalue weighted by Crippen LogP contribution is -2.09. The number of aromatic nitrogens is 8. The van der Waals surface area contributed by atoms with E-state index in [1.54, 1.807) is 0 Å². The summed E-state index contributed by atoms with van der Waals surface area (Å²) in [6, 6.07) is 0. The summed E-state index contributed by atoms with van der Waals surface area (Å²) in [6.45, 7) is 0. The van der Waals surface area contributed by atoms with E-state index in [9.17, 15) is 4.91 Å². The van der Waals surface area contributed by atoms with Gasteiger partial charge in [-0.1, -0.05) is 0 Å². The number of nitroso groups, excluding NO2 is 1. The molecule has 0 aliphatic carbocycles. The lowest BCUT2D eigenvalue weighted by atomic mass is 10.6. The Morgan fingerprint density at radius 2 is 2.06 bits per heavy atom. The van der Waals surface area contributed by atoms with Crippen LogP contribution in [0.3, 0.4) is 0 Å². The molecule has 11 heteroatoms. The SMILES string of the molecule is Nc1nnc2nnc(-n3cc(N=O)cn3)nn12. The molecule has 0 aromatic carbocycles. The molecular formula is C6H4N10O. The van der Waals surface area contributed by atoms with Crippen molar-refractivity contribution in [3.8, 4) is 5.95 Å². The summed E-state index contributed by atoms with van der Waals surface area (Å²) >= 11 is 0. The number of anilines is 1. The Kier molecular flexibility index (Phi) is 1.78. The Bertz CT molecular complexity index is 698. The highest BCUT2D eigenvalue weighted by atomic mass is 16.3. The number of fused-ring (bicyclic) bond motifs is 1. The van der Waals surface area contributed by atoms with Crippen LogP contribution >= 0.6 is 0 Å². The number of nitrogen functional groups attached to an aromatic ring is 1. The van der Waals surface area contributed by atoms with Crippen molar-refractivity contribution in [1.29, 1.82) is 0 Å². The fourth-order valence-electron chi connectivity index (χ4n) is 1.20. The predicted octanol–water partition coefficient (Wildman–Crippen LogP) is -0.920. The summed E-state index contributed by atoms with van der Waals surface area (Å²) in [7, 11) is 0. The molecule has 3 rings (SSSR count). The Morgan fingerprint density at radius 1 is 1.24 bits per heavy atom. The first-order valence-corrected chi connectivity index (χ1v) is 4.38. The molecule has 2 N–H and O–H groups in total. The Labute approximate surface area is 92.3 Å². The lowest BCUT2D eigenvalue weighted by molar-refractivity contribution is 0.719. The van der Waals surface area contributed by atoms with Crippen molar-refractivity contribution >= 4 is 17.4 Å². The third kappa shape index (κ3) is 1.37. The highest BCUT2D eigenvalue weighted by Gasteiger charge is 2.09. The second-order valence-electron chi connectivity index (χ2n) is 3.00.